The Kier molecular flexibility index (Phi) is 3.91. The van der Waals surface area contributed by atoms with E-state index in [1.54, 1.807) is 19.2 Å². The van der Waals surface area contributed by atoms with Crippen molar-refractivity contribution in [2.24, 2.45) is 5.16 Å². The van der Waals surface area contributed by atoms with Gasteiger partial charge in [0, 0.05) is 6.42 Å². The number of amides is 1. The fraction of sp³-hybridized carbons (Fsp3) is 0.222. The molecule has 2 heterocycles. The van der Waals surface area contributed by atoms with Crippen LogP contribution in [0, 0.1) is 0 Å². The number of nitrogens with zero attached hydrogens (tertiary/aromatic N) is 2. The highest BCUT2D eigenvalue weighted by Crippen LogP contribution is 2.31. The lowest BCUT2D eigenvalue weighted by Gasteiger charge is -2.18. The average molecular weight is 372 g/mol. The molecule has 0 radical (unpaired) electrons. The third-order valence-electron chi connectivity index (χ3n) is 4.44. The zero-order chi connectivity index (χ0) is 18.3. The molecule has 0 N–H and O–H groups in total. The molecule has 0 aromatic heterocycles. The third kappa shape index (κ3) is 2.62. The molecule has 0 spiro atoms. The highest BCUT2D eigenvalue weighted by Gasteiger charge is 2.43. The molecule has 2 aliphatic heterocycles. The average Bonchev–Trinajstić information content (AvgIpc) is 3.20. The first-order chi connectivity index (χ1) is 12.5. The van der Waals surface area contributed by atoms with Crippen LogP contribution in [-0.2, 0) is 14.9 Å². The minimum absolute atomic E-state index is 0.0410. The van der Waals surface area contributed by atoms with Gasteiger partial charge in [-0.15, -0.1) is 0 Å². The van der Waals surface area contributed by atoms with E-state index >= 15 is 0 Å². The van der Waals surface area contributed by atoms with E-state index in [0.29, 0.717) is 12.1 Å². The summed E-state index contributed by atoms with van der Waals surface area (Å²) in [7, 11) is -2.25. The van der Waals surface area contributed by atoms with E-state index in [0.717, 1.165) is 15.6 Å². The predicted octanol–water partition coefficient (Wildman–Crippen LogP) is 2.03. The molecule has 8 heteroatoms. The summed E-state index contributed by atoms with van der Waals surface area (Å²) in [5, 5.41) is 4.05. The topological polar surface area (TPSA) is 85.3 Å². The molecule has 0 saturated carbocycles. The van der Waals surface area contributed by atoms with Crippen LogP contribution in [0.25, 0.3) is 0 Å². The van der Waals surface area contributed by atoms with E-state index in [4.69, 9.17) is 9.57 Å². The molecule has 4 rings (SSSR count). The number of hydrogen-bond donors (Lipinski definition) is 0. The van der Waals surface area contributed by atoms with Gasteiger partial charge in [0.15, 0.2) is 6.10 Å². The van der Waals surface area contributed by atoms with Gasteiger partial charge in [0.1, 0.15) is 10.6 Å². The summed E-state index contributed by atoms with van der Waals surface area (Å²) in [6.07, 6.45) is -0.0951. The molecule has 0 unspecified atom stereocenters. The maximum absolute atomic E-state index is 12.6. The molecular formula is C18H16N2O5S. The summed E-state index contributed by atoms with van der Waals surface area (Å²) in [6, 6.07) is 13.6. The smallest absolute Gasteiger partial charge is 0.269 e. The number of fused-ring (bicyclic) bond motifs is 1. The number of methoxy groups -OCH3 is 1. The van der Waals surface area contributed by atoms with Crippen molar-refractivity contribution < 1.29 is 22.8 Å². The molecule has 2 aromatic rings. The zero-order valence-electron chi connectivity index (χ0n) is 14.0. The maximum Gasteiger partial charge on any atom is 0.269 e. The Balaban J connectivity index is 1.49. The molecule has 2 aliphatic rings. The van der Waals surface area contributed by atoms with Crippen LogP contribution in [0.1, 0.15) is 22.3 Å². The second-order valence-corrected chi connectivity index (χ2v) is 7.87. The standard InChI is InChI=1S/C18H16N2O5S/c1-24-13-8-6-12(7-9-13)16-10-14(25-19-16)11-20-18(21)15-4-2-3-5-17(15)26(20,22)23/h2-9,14H,10-11H2,1H3/t14-/m0/s1. The van der Waals surface area contributed by atoms with Crippen molar-refractivity contribution in [3.8, 4) is 5.75 Å². The molecule has 1 atom stereocenters. The number of carbonyl (C=O) groups excluding carboxylic acids is 1. The number of oxime groups is 1. The monoisotopic (exact) mass is 372 g/mol. The number of ether oxygens (including phenoxy) is 1. The lowest BCUT2D eigenvalue weighted by molar-refractivity contribution is 0.0599. The molecule has 0 bridgehead atoms. The molecule has 7 nitrogen and oxygen atoms in total. The zero-order valence-corrected chi connectivity index (χ0v) is 14.8. The van der Waals surface area contributed by atoms with Gasteiger partial charge < -0.3 is 9.57 Å². The van der Waals surface area contributed by atoms with Gasteiger partial charge in [0.05, 0.1) is 24.9 Å². The summed E-state index contributed by atoms with van der Waals surface area (Å²) in [5.74, 6) is 0.207. The van der Waals surface area contributed by atoms with E-state index in [1.807, 2.05) is 24.3 Å². The highest BCUT2D eigenvalue weighted by atomic mass is 32.2. The normalized spacial score (nSPS) is 20.5. The Morgan fingerprint density at radius 3 is 2.62 bits per heavy atom. The summed E-state index contributed by atoms with van der Waals surface area (Å²) in [4.78, 5) is 17.9. The summed E-state index contributed by atoms with van der Waals surface area (Å²) >= 11 is 0. The summed E-state index contributed by atoms with van der Waals surface area (Å²) < 4.78 is 31.2. The van der Waals surface area contributed by atoms with Crippen molar-refractivity contribution in [2.45, 2.75) is 17.4 Å². The van der Waals surface area contributed by atoms with Crippen molar-refractivity contribution in [3.05, 3.63) is 59.7 Å². The Morgan fingerprint density at radius 1 is 1.19 bits per heavy atom. The van der Waals surface area contributed by atoms with E-state index in [2.05, 4.69) is 5.16 Å². The van der Waals surface area contributed by atoms with Crippen LogP contribution in [0.4, 0.5) is 0 Å². The number of benzene rings is 2. The SMILES string of the molecule is COc1ccc(C2=NO[C@H](CN3C(=O)c4ccccc4S3(=O)=O)C2)cc1. The minimum atomic E-state index is -3.84. The fourth-order valence-electron chi connectivity index (χ4n) is 3.08. The fourth-order valence-corrected chi connectivity index (χ4v) is 4.68. The van der Waals surface area contributed by atoms with Crippen LogP contribution < -0.4 is 4.74 Å². The summed E-state index contributed by atoms with van der Waals surface area (Å²) in [5.41, 5.74) is 1.77. The van der Waals surface area contributed by atoms with Gasteiger partial charge in [0.2, 0.25) is 0 Å². The molecule has 0 fully saturated rings. The van der Waals surface area contributed by atoms with Crippen LogP contribution in [0.5, 0.6) is 5.75 Å². The van der Waals surface area contributed by atoms with Crippen LogP contribution in [-0.4, -0.2) is 44.1 Å². The van der Waals surface area contributed by atoms with Gasteiger partial charge in [0.25, 0.3) is 15.9 Å². The number of hydrogen-bond acceptors (Lipinski definition) is 6. The van der Waals surface area contributed by atoms with Gasteiger partial charge >= 0.3 is 0 Å². The first-order valence-electron chi connectivity index (χ1n) is 8.04. The Hall–Kier alpha value is -2.87. The van der Waals surface area contributed by atoms with Gasteiger partial charge in [-0.25, -0.2) is 12.7 Å². The van der Waals surface area contributed by atoms with Crippen LogP contribution in [0.3, 0.4) is 0 Å². The number of sulfonamides is 1. The van der Waals surface area contributed by atoms with E-state index in [-0.39, 0.29) is 17.0 Å². The van der Waals surface area contributed by atoms with Crippen LogP contribution in [0.2, 0.25) is 0 Å². The quantitative estimate of drug-likeness (QED) is 0.820. The first-order valence-corrected chi connectivity index (χ1v) is 9.48. The van der Waals surface area contributed by atoms with Crippen molar-refractivity contribution in [3.63, 3.8) is 0 Å². The van der Waals surface area contributed by atoms with Gasteiger partial charge in [-0.2, -0.15) is 0 Å². The van der Waals surface area contributed by atoms with E-state index in [1.165, 1.54) is 12.1 Å². The lowest BCUT2D eigenvalue weighted by atomic mass is 10.0. The second-order valence-electron chi connectivity index (χ2n) is 6.04. The first kappa shape index (κ1) is 16.6. The van der Waals surface area contributed by atoms with Gasteiger partial charge in [-0.05, 0) is 42.0 Å². The van der Waals surface area contributed by atoms with E-state index < -0.39 is 22.0 Å². The largest absolute Gasteiger partial charge is 0.497 e. The van der Waals surface area contributed by atoms with Crippen molar-refractivity contribution in [1.82, 2.24) is 4.31 Å². The highest BCUT2D eigenvalue weighted by molar-refractivity contribution is 7.90. The van der Waals surface area contributed by atoms with Crippen molar-refractivity contribution in [1.29, 1.82) is 0 Å². The Morgan fingerprint density at radius 2 is 1.92 bits per heavy atom. The Labute approximate surface area is 150 Å². The van der Waals surface area contributed by atoms with Crippen molar-refractivity contribution in [2.75, 3.05) is 13.7 Å². The molecule has 26 heavy (non-hydrogen) atoms. The molecule has 134 valence electrons. The predicted molar refractivity (Wildman–Crippen MR) is 93.7 cm³/mol. The number of carbonyl (C=O) groups is 1. The maximum atomic E-state index is 12.6. The molecule has 0 aliphatic carbocycles. The molecule has 2 aromatic carbocycles. The minimum Gasteiger partial charge on any atom is -0.497 e. The lowest BCUT2D eigenvalue weighted by Crippen LogP contribution is -2.37. The van der Waals surface area contributed by atoms with Crippen molar-refractivity contribution >= 4 is 21.6 Å². The second kappa shape index (κ2) is 6.14. The third-order valence-corrected chi connectivity index (χ3v) is 6.24. The molecule has 1 amide bonds. The van der Waals surface area contributed by atoms with Gasteiger partial charge in [-0.1, -0.05) is 17.3 Å². The van der Waals surface area contributed by atoms with Crippen LogP contribution >= 0.6 is 0 Å². The Bertz CT molecular complexity index is 998. The van der Waals surface area contributed by atoms with Crippen LogP contribution in [0.15, 0.2) is 58.6 Å². The van der Waals surface area contributed by atoms with Gasteiger partial charge in [-0.3, -0.25) is 4.79 Å². The molecule has 0 saturated heterocycles. The number of rotatable bonds is 4. The molecular weight excluding hydrogens is 356 g/mol. The summed E-state index contributed by atoms with van der Waals surface area (Å²) in [6.45, 7) is -0.0704. The van der Waals surface area contributed by atoms with E-state index in [9.17, 15) is 13.2 Å².